The van der Waals surface area contributed by atoms with Crippen molar-refractivity contribution in [2.75, 3.05) is 12.0 Å². The maximum absolute atomic E-state index is 10.2. The van der Waals surface area contributed by atoms with Gasteiger partial charge in [0.05, 0.1) is 5.52 Å². The lowest BCUT2D eigenvalue weighted by atomic mass is 9.97. The molecule has 0 spiro atoms. The van der Waals surface area contributed by atoms with E-state index in [1.54, 1.807) is 6.07 Å². The number of H-pyrrole nitrogens is 1. The molecule has 0 aliphatic carbocycles. The van der Waals surface area contributed by atoms with E-state index in [9.17, 15) is 5.11 Å². The van der Waals surface area contributed by atoms with Gasteiger partial charge in [-0.2, -0.15) is 11.8 Å². The second kappa shape index (κ2) is 7.36. The van der Waals surface area contributed by atoms with Gasteiger partial charge in [-0.05, 0) is 54.3 Å². The number of phenols is 1. The molecule has 3 aromatic carbocycles. The number of hydrogen-bond acceptors (Lipinski definition) is 2. The number of aromatic hydroxyl groups is 1. The van der Waals surface area contributed by atoms with Crippen molar-refractivity contribution in [3.63, 3.8) is 0 Å². The maximum Gasteiger partial charge on any atom is 0.116 e. The van der Waals surface area contributed by atoms with Crippen molar-refractivity contribution < 1.29 is 5.11 Å². The summed E-state index contributed by atoms with van der Waals surface area (Å²) in [7, 11) is 0. The summed E-state index contributed by atoms with van der Waals surface area (Å²) in [5.41, 5.74) is 4.48. The molecule has 5 aromatic rings. The van der Waals surface area contributed by atoms with Gasteiger partial charge in [0, 0.05) is 56.6 Å². The fourth-order valence-corrected chi connectivity index (χ4v) is 4.97. The lowest BCUT2D eigenvalue weighted by Gasteiger charge is -2.11. The summed E-state index contributed by atoms with van der Waals surface area (Å²) in [5, 5.41) is 15.5. The molecule has 0 unspecified atom stereocenters. The second-order valence-corrected chi connectivity index (χ2v) is 8.67. The van der Waals surface area contributed by atoms with Crippen LogP contribution in [0.3, 0.4) is 0 Å². The fourth-order valence-electron chi connectivity index (χ4n) is 4.31. The summed E-state index contributed by atoms with van der Waals surface area (Å²) in [4.78, 5) is 3.28. The van der Waals surface area contributed by atoms with Crippen molar-refractivity contribution >= 4 is 55.9 Å². The number of aryl methyl sites for hydroxylation is 1. The summed E-state index contributed by atoms with van der Waals surface area (Å²) in [6, 6.07) is 15.9. The molecule has 146 valence electrons. The molecule has 0 amide bonds. The van der Waals surface area contributed by atoms with E-state index in [0.29, 0.717) is 5.75 Å². The maximum atomic E-state index is 10.2. The van der Waals surface area contributed by atoms with Crippen molar-refractivity contribution in [3.8, 4) is 16.9 Å². The normalized spacial score (nSPS) is 11.8. The van der Waals surface area contributed by atoms with Crippen molar-refractivity contribution in [2.24, 2.45) is 0 Å². The first-order valence-corrected chi connectivity index (χ1v) is 11.4. The van der Waals surface area contributed by atoms with Crippen LogP contribution in [-0.2, 0) is 6.54 Å². The zero-order valence-corrected chi connectivity index (χ0v) is 17.6. The highest BCUT2D eigenvalue weighted by Crippen LogP contribution is 2.42. The smallest absolute Gasteiger partial charge is 0.116 e. The molecule has 0 saturated heterocycles. The minimum Gasteiger partial charge on any atom is -0.508 e. The first-order chi connectivity index (χ1) is 14.2. The largest absolute Gasteiger partial charge is 0.508 e. The van der Waals surface area contributed by atoms with Crippen LogP contribution in [0.15, 0.2) is 60.9 Å². The van der Waals surface area contributed by atoms with Crippen LogP contribution >= 0.6 is 23.4 Å². The topological polar surface area (TPSA) is 41.0 Å². The van der Waals surface area contributed by atoms with E-state index in [-0.39, 0.29) is 0 Å². The number of nitrogens with zero attached hydrogens (tertiary/aromatic N) is 1. The SMILES string of the molecule is CSCCCn1c2ccc(O)cc2c2c3c[nH]cc3c(-c3ccccc3Cl)cc21. The van der Waals surface area contributed by atoms with E-state index in [1.165, 1.54) is 10.9 Å². The van der Waals surface area contributed by atoms with Crippen LogP contribution in [0.2, 0.25) is 5.02 Å². The van der Waals surface area contributed by atoms with Crippen molar-refractivity contribution in [1.82, 2.24) is 9.55 Å². The Labute approximate surface area is 178 Å². The third kappa shape index (κ3) is 2.98. The molecule has 0 fully saturated rings. The Kier molecular flexibility index (Phi) is 4.69. The Morgan fingerprint density at radius 1 is 0.966 bits per heavy atom. The second-order valence-electron chi connectivity index (χ2n) is 7.28. The van der Waals surface area contributed by atoms with Gasteiger partial charge in [0.1, 0.15) is 5.75 Å². The molecule has 0 radical (unpaired) electrons. The molecule has 3 nitrogen and oxygen atoms in total. The highest BCUT2D eigenvalue weighted by Gasteiger charge is 2.18. The summed E-state index contributed by atoms with van der Waals surface area (Å²) in [6.45, 7) is 0.934. The van der Waals surface area contributed by atoms with Crippen molar-refractivity contribution in [1.29, 1.82) is 0 Å². The van der Waals surface area contributed by atoms with Gasteiger partial charge in [-0.25, -0.2) is 0 Å². The number of aromatic nitrogens is 2. The predicted molar refractivity (Wildman–Crippen MR) is 126 cm³/mol. The zero-order chi connectivity index (χ0) is 20.0. The quantitative estimate of drug-likeness (QED) is 0.299. The fraction of sp³-hybridized carbons (Fsp3) is 0.167. The number of benzene rings is 3. The minimum atomic E-state index is 0.291. The Morgan fingerprint density at radius 3 is 2.62 bits per heavy atom. The number of halogens is 1. The Morgan fingerprint density at radius 2 is 1.79 bits per heavy atom. The molecule has 2 aromatic heterocycles. The highest BCUT2D eigenvalue weighted by molar-refractivity contribution is 7.98. The molecule has 0 atom stereocenters. The first kappa shape index (κ1) is 18.5. The highest BCUT2D eigenvalue weighted by atomic mass is 35.5. The van der Waals surface area contributed by atoms with E-state index in [1.807, 2.05) is 54.5 Å². The standard InChI is InChI=1S/C24H21ClN2OS/c1-29-10-4-9-27-22-8-7-15(28)11-18(22)24-20-14-26-13-19(20)17(12-23(24)27)16-5-2-3-6-21(16)25/h2-3,5-8,11-14,26,28H,4,9-10H2,1H3. The minimum absolute atomic E-state index is 0.291. The van der Waals surface area contributed by atoms with E-state index < -0.39 is 0 Å². The summed E-state index contributed by atoms with van der Waals surface area (Å²) in [5.74, 6) is 1.41. The van der Waals surface area contributed by atoms with Gasteiger partial charge in [0.2, 0.25) is 0 Å². The number of aromatic amines is 1. The van der Waals surface area contributed by atoms with E-state index in [2.05, 4.69) is 27.9 Å². The number of hydrogen-bond donors (Lipinski definition) is 2. The molecule has 0 aliphatic rings. The average molecular weight is 421 g/mol. The number of rotatable bonds is 5. The predicted octanol–water partition coefficient (Wildman–Crippen LogP) is 7.05. The van der Waals surface area contributed by atoms with Gasteiger partial charge in [-0.3, -0.25) is 0 Å². The van der Waals surface area contributed by atoms with Crippen LogP contribution in [0.4, 0.5) is 0 Å². The number of thioether (sulfide) groups is 1. The zero-order valence-electron chi connectivity index (χ0n) is 16.1. The van der Waals surface area contributed by atoms with Crippen LogP contribution in [-0.4, -0.2) is 26.7 Å². The third-order valence-electron chi connectivity index (χ3n) is 5.57. The van der Waals surface area contributed by atoms with Gasteiger partial charge in [-0.1, -0.05) is 29.8 Å². The van der Waals surface area contributed by atoms with Crippen LogP contribution < -0.4 is 0 Å². The van der Waals surface area contributed by atoms with E-state index in [4.69, 9.17) is 11.6 Å². The molecule has 0 aliphatic heterocycles. The van der Waals surface area contributed by atoms with E-state index >= 15 is 0 Å². The van der Waals surface area contributed by atoms with Gasteiger partial charge >= 0.3 is 0 Å². The molecule has 2 heterocycles. The molecular weight excluding hydrogens is 400 g/mol. The molecule has 0 saturated carbocycles. The molecule has 5 heteroatoms. The third-order valence-corrected chi connectivity index (χ3v) is 6.59. The van der Waals surface area contributed by atoms with Crippen LogP contribution in [0.1, 0.15) is 6.42 Å². The summed E-state index contributed by atoms with van der Waals surface area (Å²) < 4.78 is 2.38. The molecule has 0 bridgehead atoms. The molecule has 5 rings (SSSR count). The Hall–Kier alpha value is -2.56. The average Bonchev–Trinajstić information content (AvgIpc) is 3.31. The molecule has 2 N–H and O–H groups in total. The lowest BCUT2D eigenvalue weighted by Crippen LogP contribution is -1.99. The van der Waals surface area contributed by atoms with Crippen molar-refractivity contribution in [2.45, 2.75) is 13.0 Å². The van der Waals surface area contributed by atoms with Gasteiger partial charge in [-0.15, -0.1) is 0 Å². The Balaban J connectivity index is 1.90. The number of phenolic OH excluding ortho intramolecular Hbond substituents is 1. The summed E-state index contributed by atoms with van der Waals surface area (Å²) >= 11 is 8.43. The monoisotopic (exact) mass is 420 g/mol. The lowest BCUT2D eigenvalue weighted by molar-refractivity contribution is 0.476. The van der Waals surface area contributed by atoms with Crippen LogP contribution in [0.25, 0.3) is 43.7 Å². The summed E-state index contributed by atoms with van der Waals surface area (Å²) in [6.07, 6.45) is 7.32. The number of nitrogens with one attached hydrogen (secondary N) is 1. The van der Waals surface area contributed by atoms with Gasteiger partial charge in [0.15, 0.2) is 0 Å². The van der Waals surface area contributed by atoms with E-state index in [0.717, 1.165) is 56.5 Å². The Bertz CT molecular complexity index is 1350. The molecular formula is C24H21ClN2OS. The molecule has 29 heavy (non-hydrogen) atoms. The van der Waals surface area contributed by atoms with Crippen molar-refractivity contribution in [3.05, 3.63) is 65.9 Å². The first-order valence-electron chi connectivity index (χ1n) is 9.67. The van der Waals surface area contributed by atoms with Crippen LogP contribution in [0, 0.1) is 0 Å². The number of fused-ring (bicyclic) bond motifs is 5. The van der Waals surface area contributed by atoms with Gasteiger partial charge < -0.3 is 14.7 Å². The van der Waals surface area contributed by atoms with Crippen LogP contribution in [0.5, 0.6) is 5.75 Å². The van der Waals surface area contributed by atoms with Gasteiger partial charge in [0.25, 0.3) is 0 Å².